The number of carboxylic acid groups (broad SMARTS) is 1. The molecule has 0 fully saturated rings. The topological polar surface area (TPSA) is 131 Å². The van der Waals surface area contributed by atoms with Gasteiger partial charge in [-0.15, -0.1) is 0 Å². The molecule has 9 heteroatoms. The van der Waals surface area contributed by atoms with E-state index in [1.165, 1.54) is 0 Å². The quantitative estimate of drug-likeness (QED) is 0.652. The lowest BCUT2D eigenvalue weighted by molar-refractivity contribution is -0.135. The van der Waals surface area contributed by atoms with Crippen LogP contribution < -0.4 is 16.6 Å². The fourth-order valence-electron chi connectivity index (χ4n) is 2.32. The molecule has 0 radical (unpaired) electrons. The normalized spacial score (nSPS) is 10.4. The molecule has 1 heterocycles. The maximum Gasteiger partial charge on any atom is 0.334 e. The number of benzene rings is 1. The molecule has 0 aliphatic carbocycles. The maximum absolute atomic E-state index is 12.6. The molecule has 132 valence electrons. The first kappa shape index (κ1) is 18.0. The van der Waals surface area contributed by atoms with Gasteiger partial charge in [0.15, 0.2) is 5.56 Å². The van der Waals surface area contributed by atoms with Gasteiger partial charge in [0.1, 0.15) is 6.54 Å². The minimum absolute atomic E-state index is 0.0267. The number of carboxylic acids is 1. The molecule has 1 amide bonds. The molecule has 0 spiro atoms. The number of aromatic nitrogens is 2. The van der Waals surface area contributed by atoms with Crippen molar-refractivity contribution in [1.29, 1.82) is 0 Å². The van der Waals surface area contributed by atoms with Crippen LogP contribution in [0.3, 0.4) is 0 Å². The van der Waals surface area contributed by atoms with Crippen LogP contribution >= 0.6 is 0 Å². The average molecular weight is 347 g/mol. The first-order chi connectivity index (χ1) is 11.9. The van der Waals surface area contributed by atoms with Gasteiger partial charge in [0, 0.05) is 6.54 Å². The third-order valence-corrected chi connectivity index (χ3v) is 3.53. The van der Waals surface area contributed by atoms with Crippen molar-refractivity contribution in [3.8, 4) is 5.88 Å². The van der Waals surface area contributed by atoms with E-state index in [4.69, 9.17) is 5.11 Å². The Balaban J connectivity index is 2.58. The molecular weight excluding hydrogens is 330 g/mol. The van der Waals surface area contributed by atoms with Gasteiger partial charge < -0.3 is 15.5 Å². The SMILES string of the molecule is CCn1c(O)c(C(=O)NCC(=O)O)c(=O)n(Cc2ccccc2)c1=O. The van der Waals surface area contributed by atoms with Crippen LogP contribution in [0.2, 0.25) is 0 Å². The van der Waals surface area contributed by atoms with E-state index in [0.29, 0.717) is 5.56 Å². The Bertz CT molecular complexity index is 914. The van der Waals surface area contributed by atoms with Crippen molar-refractivity contribution in [1.82, 2.24) is 14.5 Å². The van der Waals surface area contributed by atoms with Crippen molar-refractivity contribution in [3.05, 3.63) is 62.3 Å². The number of hydrogen-bond acceptors (Lipinski definition) is 5. The van der Waals surface area contributed by atoms with Crippen LogP contribution in [0.4, 0.5) is 0 Å². The average Bonchev–Trinajstić information content (AvgIpc) is 2.58. The van der Waals surface area contributed by atoms with E-state index in [-0.39, 0.29) is 13.1 Å². The number of aliphatic carboxylic acids is 1. The Kier molecular flexibility index (Phi) is 5.38. The highest BCUT2D eigenvalue weighted by Crippen LogP contribution is 2.11. The van der Waals surface area contributed by atoms with Crippen molar-refractivity contribution < 1.29 is 19.8 Å². The molecule has 0 aliphatic rings. The van der Waals surface area contributed by atoms with E-state index in [1.807, 2.05) is 5.32 Å². The number of nitrogens with one attached hydrogen (secondary N) is 1. The van der Waals surface area contributed by atoms with Gasteiger partial charge in [-0.1, -0.05) is 30.3 Å². The Morgan fingerprint density at radius 2 is 1.76 bits per heavy atom. The summed E-state index contributed by atoms with van der Waals surface area (Å²) in [6, 6.07) is 8.66. The number of amides is 1. The van der Waals surface area contributed by atoms with Gasteiger partial charge in [0.05, 0.1) is 6.54 Å². The highest BCUT2D eigenvalue weighted by atomic mass is 16.4. The Morgan fingerprint density at radius 1 is 1.12 bits per heavy atom. The molecular formula is C16H17N3O6. The molecule has 0 saturated carbocycles. The second-order valence-electron chi connectivity index (χ2n) is 5.18. The molecule has 0 atom stereocenters. The molecule has 1 aromatic heterocycles. The number of rotatable bonds is 6. The summed E-state index contributed by atoms with van der Waals surface area (Å²) in [4.78, 5) is 47.7. The summed E-state index contributed by atoms with van der Waals surface area (Å²) in [5.74, 6) is -3.15. The lowest BCUT2D eigenvalue weighted by atomic mass is 10.2. The fourth-order valence-corrected chi connectivity index (χ4v) is 2.32. The van der Waals surface area contributed by atoms with Crippen LogP contribution in [-0.2, 0) is 17.9 Å². The predicted molar refractivity (Wildman–Crippen MR) is 87.8 cm³/mol. The second kappa shape index (κ2) is 7.47. The molecule has 0 aliphatic heterocycles. The number of aromatic hydroxyl groups is 1. The summed E-state index contributed by atoms with van der Waals surface area (Å²) < 4.78 is 1.70. The van der Waals surface area contributed by atoms with Crippen LogP contribution in [0.25, 0.3) is 0 Å². The van der Waals surface area contributed by atoms with Gasteiger partial charge in [-0.05, 0) is 12.5 Å². The van der Waals surface area contributed by atoms with E-state index in [0.717, 1.165) is 9.13 Å². The smallest absolute Gasteiger partial charge is 0.334 e. The van der Waals surface area contributed by atoms with Gasteiger partial charge in [-0.25, -0.2) is 4.79 Å². The van der Waals surface area contributed by atoms with Gasteiger partial charge >= 0.3 is 11.7 Å². The molecule has 1 aromatic carbocycles. The largest absolute Gasteiger partial charge is 0.494 e. The highest BCUT2D eigenvalue weighted by molar-refractivity contribution is 5.97. The van der Waals surface area contributed by atoms with Crippen LogP contribution in [0.5, 0.6) is 5.88 Å². The maximum atomic E-state index is 12.6. The molecule has 2 aromatic rings. The van der Waals surface area contributed by atoms with E-state index < -0.39 is 41.1 Å². The Labute approximate surface area is 141 Å². The fraction of sp³-hybridized carbons (Fsp3) is 0.250. The molecule has 0 bridgehead atoms. The monoisotopic (exact) mass is 347 g/mol. The van der Waals surface area contributed by atoms with Crippen molar-refractivity contribution in [3.63, 3.8) is 0 Å². The summed E-state index contributed by atoms with van der Waals surface area (Å²) >= 11 is 0. The molecule has 9 nitrogen and oxygen atoms in total. The lowest BCUT2D eigenvalue weighted by Crippen LogP contribution is -2.45. The second-order valence-corrected chi connectivity index (χ2v) is 5.18. The molecule has 0 unspecified atom stereocenters. The zero-order valence-corrected chi connectivity index (χ0v) is 13.4. The molecule has 25 heavy (non-hydrogen) atoms. The summed E-state index contributed by atoms with van der Waals surface area (Å²) in [6.07, 6.45) is 0. The number of carbonyl (C=O) groups excluding carboxylic acids is 1. The van der Waals surface area contributed by atoms with Gasteiger partial charge in [-0.2, -0.15) is 0 Å². The van der Waals surface area contributed by atoms with Crippen molar-refractivity contribution >= 4 is 11.9 Å². The third kappa shape index (κ3) is 3.77. The molecule has 3 N–H and O–H groups in total. The van der Waals surface area contributed by atoms with Crippen LogP contribution in [0.1, 0.15) is 22.8 Å². The van der Waals surface area contributed by atoms with Gasteiger partial charge in [-0.3, -0.25) is 23.5 Å². The Hall–Kier alpha value is -3.36. The van der Waals surface area contributed by atoms with Crippen LogP contribution in [-0.4, -0.2) is 37.8 Å². The number of nitrogens with zero attached hydrogens (tertiary/aromatic N) is 2. The zero-order chi connectivity index (χ0) is 18.6. The Morgan fingerprint density at radius 3 is 2.32 bits per heavy atom. The van der Waals surface area contributed by atoms with Crippen molar-refractivity contribution in [2.75, 3.05) is 6.54 Å². The summed E-state index contributed by atoms with van der Waals surface area (Å²) in [5.41, 5.74) is -1.76. The number of hydrogen-bond donors (Lipinski definition) is 3. The van der Waals surface area contributed by atoms with Crippen LogP contribution in [0, 0.1) is 0 Å². The summed E-state index contributed by atoms with van der Waals surface area (Å²) in [7, 11) is 0. The first-order valence-corrected chi connectivity index (χ1v) is 7.47. The van der Waals surface area contributed by atoms with Crippen molar-refractivity contribution in [2.24, 2.45) is 0 Å². The third-order valence-electron chi connectivity index (χ3n) is 3.53. The lowest BCUT2D eigenvalue weighted by Gasteiger charge is -2.14. The highest BCUT2D eigenvalue weighted by Gasteiger charge is 2.24. The van der Waals surface area contributed by atoms with E-state index >= 15 is 0 Å². The summed E-state index contributed by atoms with van der Waals surface area (Å²) in [6.45, 7) is 0.788. The first-order valence-electron chi connectivity index (χ1n) is 7.47. The van der Waals surface area contributed by atoms with E-state index in [2.05, 4.69) is 0 Å². The van der Waals surface area contributed by atoms with Crippen LogP contribution in [0.15, 0.2) is 39.9 Å². The van der Waals surface area contributed by atoms with Crippen molar-refractivity contribution in [2.45, 2.75) is 20.0 Å². The molecule has 2 rings (SSSR count). The minimum atomic E-state index is -1.30. The van der Waals surface area contributed by atoms with E-state index in [1.54, 1.807) is 37.3 Å². The standard InChI is InChI=1S/C16H17N3O6/c1-2-18-14(23)12(13(22)17-8-11(20)21)15(24)19(16(18)25)9-10-6-4-3-5-7-10/h3-7,23H,2,8-9H2,1H3,(H,17,22)(H,20,21). The molecule has 0 saturated heterocycles. The summed E-state index contributed by atoms with van der Waals surface area (Å²) in [5, 5.41) is 20.8. The van der Waals surface area contributed by atoms with E-state index in [9.17, 15) is 24.3 Å². The number of carbonyl (C=O) groups is 2. The zero-order valence-electron chi connectivity index (χ0n) is 13.4. The predicted octanol–water partition coefficient (Wildman–Crippen LogP) is -0.402. The van der Waals surface area contributed by atoms with Gasteiger partial charge in [0.25, 0.3) is 11.5 Å². The minimum Gasteiger partial charge on any atom is -0.494 e. The van der Waals surface area contributed by atoms with Gasteiger partial charge in [0.2, 0.25) is 5.88 Å².